The van der Waals surface area contributed by atoms with Crippen molar-refractivity contribution >= 4 is 5.97 Å². The number of ether oxygens (including phenoxy) is 1. The van der Waals surface area contributed by atoms with Crippen LogP contribution in [-0.2, 0) is 16.0 Å². The van der Waals surface area contributed by atoms with E-state index in [4.69, 9.17) is 9.26 Å². The summed E-state index contributed by atoms with van der Waals surface area (Å²) in [4.78, 5) is 16.4. The lowest BCUT2D eigenvalue weighted by molar-refractivity contribution is -0.161. The number of hydrogen-bond acceptors (Lipinski definition) is 5. The highest BCUT2D eigenvalue weighted by Crippen LogP contribution is 2.44. The second-order valence-corrected chi connectivity index (χ2v) is 5.55. The lowest BCUT2D eigenvalue weighted by Gasteiger charge is -2.37. The fourth-order valence-corrected chi connectivity index (χ4v) is 2.70. The Hall–Kier alpha value is -2.24. The molecule has 0 atom stereocenters. The van der Waals surface area contributed by atoms with Crippen LogP contribution in [0.2, 0.25) is 0 Å². The first-order valence-electron chi connectivity index (χ1n) is 7.39. The van der Waals surface area contributed by atoms with Crippen LogP contribution in [0.3, 0.4) is 0 Å². The van der Waals surface area contributed by atoms with Crippen molar-refractivity contribution in [3.05, 3.63) is 36.0 Å². The average molecular weight is 304 g/mol. The molecule has 1 aromatic carbocycles. The molecule has 116 valence electrons. The average Bonchev–Trinajstić information content (AvgIpc) is 2.91. The summed E-state index contributed by atoms with van der Waals surface area (Å²) in [7, 11) is 0. The second-order valence-electron chi connectivity index (χ2n) is 5.55. The van der Waals surface area contributed by atoms with Crippen molar-refractivity contribution in [3.8, 4) is 11.4 Å². The molecule has 6 heteroatoms. The molecule has 0 amide bonds. The molecule has 0 bridgehead atoms. The van der Waals surface area contributed by atoms with Crippen molar-refractivity contribution in [3.63, 3.8) is 0 Å². The minimum Gasteiger partial charge on any atom is -0.466 e. The van der Waals surface area contributed by atoms with Crippen molar-refractivity contribution in [2.75, 3.05) is 6.61 Å². The van der Waals surface area contributed by atoms with Gasteiger partial charge in [0.2, 0.25) is 11.7 Å². The lowest BCUT2D eigenvalue weighted by Crippen LogP contribution is -2.41. The number of benzene rings is 1. The number of nitrogens with zero attached hydrogens (tertiary/aromatic N) is 2. The molecule has 0 radical (unpaired) electrons. The monoisotopic (exact) mass is 304 g/mol. The molecule has 1 heterocycles. The topological polar surface area (TPSA) is 65.2 Å². The van der Waals surface area contributed by atoms with Gasteiger partial charge in [0.05, 0.1) is 12.0 Å². The molecule has 5 nitrogen and oxygen atoms in total. The maximum Gasteiger partial charge on any atom is 0.312 e. The highest BCUT2D eigenvalue weighted by molar-refractivity contribution is 5.78. The van der Waals surface area contributed by atoms with E-state index in [1.165, 1.54) is 12.1 Å². The van der Waals surface area contributed by atoms with E-state index in [2.05, 4.69) is 10.1 Å². The van der Waals surface area contributed by atoms with E-state index in [0.29, 0.717) is 30.3 Å². The Balaban J connectivity index is 1.78. The zero-order chi connectivity index (χ0) is 15.6. The van der Waals surface area contributed by atoms with E-state index >= 15 is 0 Å². The number of esters is 1. The Kier molecular flexibility index (Phi) is 3.92. The molecular weight excluding hydrogens is 287 g/mol. The molecule has 1 aromatic heterocycles. The summed E-state index contributed by atoms with van der Waals surface area (Å²) in [6.07, 6.45) is 2.89. The largest absolute Gasteiger partial charge is 0.466 e. The third-order valence-electron chi connectivity index (χ3n) is 4.06. The molecule has 0 N–H and O–H groups in total. The van der Waals surface area contributed by atoms with Crippen LogP contribution < -0.4 is 0 Å². The normalized spacial score (nSPS) is 16.1. The van der Waals surface area contributed by atoms with Crippen LogP contribution in [0.5, 0.6) is 0 Å². The highest BCUT2D eigenvalue weighted by Gasteiger charge is 2.46. The van der Waals surface area contributed by atoms with Gasteiger partial charge in [0.15, 0.2) is 0 Å². The van der Waals surface area contributed by atoms with Gasteiger partial charge in [-0.2, -0.15) is 4.98 Å². The van der Waals surface area contributed by atoms with Gasteiger partial charge in [0.1, 0.15) is 5.82 Å². The number of carbonyl (C=O) groups excluding carboxylic acids is 1. The smallest absolute Gasteiger partial charge is 0.312 e. The van der Waals surface area contributed by atoms with Gasteiger partial charge in [-0.25, -0.2) is 4.39 Å². The second kappa shape index (κ2) is 5.87. The molecular formula is C16H17FN2O3. The Bertz CT molecular complexity index is 680. The van der Waals surface area contributed by atoms with E-state index in [0.717, 1.165) is 19.3 Å². The van der Waals surface area contributed by atoms with E-state index in [1.54, 1.807) is 19.1 Å². The molecule has 1 aliphatic carbocycles. The van der Waals surface area contributed by atoms with Gasteiger partial charge in [0.25, 0.3) is 0 Å². The first-order valence-corrected chi connectivity index (χ1v) is 7.39. The van der Waals surface area contributed by atoms with Gasteiger partial charge < -0.3 is 9.26 Å². The van der Waals surface area contributed by atoms with Gasteiger partial charge in [-0.3, -0.25) is 4.79 Å². The van der Waals surface area contributed by atoms with Crippen LogP contribution in [0.25, 0.3) is 11.4 Å². The molecule has 1 saturated carbocycles. The first-order chi connectivity index (χ1) is 10.6. The number of carbonyl (C=O) groups is 1. The SMILES string of the molecule is CCOC(=O)C1(Cc2nc(-c3cccc(F)c3)no2)CCC1. The van der Waals surface area contributed by atoms with Crippen molar-refractivity contribution in [1.82, 2.24) is 10.1 Å². The van der Waals surface area contributed by atoms with Crippen molar-refractivity contribution in [2.45, 2.75) is 32.6 Å². The highest BCUT2D eigenvalue weighted by atomic mass is 19.1. The van der Waals surface area contributed by atoms with Crippen LogP contribution in [0, 0.1) is 11.2 Å². The Morgan fingerprint density at radius 1 is 1.45 bits per heavy atom. The fourth-order valence-electron chi connectivity index (χ4n) is 2.70. The van der Waals surface area contributed by atoms with Gasteiger partial charge in [-0.15, -0.1) is 0 Å². The maximum absolute atomic E-state index is 13.2. The van der Waals surface area contributed by atoms with Gasteiger partial charge >= 0.3 is 5.97 Å². The van der Waals surface area contributed by atoms with E-state index in [1.807, 2.05) is 0 Å². The molecule has 22 heavy (non-hydrogen) atoms. The van der Waals surface area contributed by atoms with Crippen molar-refractivity contribution in [1.29, 1.82) is 0 Å². The quantitative estimate of drug-likeness (QED) is 0.794. The van der Waals surface area contributed by atoms with Gasteiger partial charge in [0, 0.05) is 12.0 Å². The molecule has 0 spiro atoms. The summed E-state index contributed by atoms with van der Waals surface area (Å²) in [6, 6.07) is 6.00. The predicted octanol–water partition coefficient (Wildman–Crippen LogP) is 3.15. The standard InChI is InChI=1S/C16H17FN2O3/c1-2-21-15(20)16(7-4-8-16)10-13-18-14(19-22-13)11-5-3-6-12(17)9-11/h3,5-6,9H,2,4,7-8,10H2,1H3. The molecule has 1 aliphatic rings. The molecule has 3 rings (SSSR count). The van der Waals surface area contributed by atoms with Crippen LogP contribution in [0.15, 0.2) is 28.8 Å². The minimum atomic E-state index is -0.540. The Labute approximate surface area is 127 Å². The van der Waals surface area contributed by atoms with Gasteiger partial charge in [-0.05, 0) is 31.9 Å². The third kappa shape index (κ3) is 2.73. The summed E-state index contributed by atoms with van der Waals surface area (Å²) in [6.45, 7) is 2.15. The van der Waals surface area contributed by atoms with Gasteiger partial charge in [-0.1, -0.05) is 23.7 Å². The van der Waals surface area contributed by atoms with Crippen molar-refractivity contribution < 1.29 is 18.4 Å². The number of aromatic nitrogens is 2. The number of halogens is 1. The fraction of sp³-hybridized carbons (Fsp3) is 0.438. The zero-order valence-electron chi connectivity index (χ0n) is 12.3. The number of hydrogen-bond donors (Lipinski definition) is 0. The minimum absolute atomic E-state index is 0.202. The van der Waals surface area contributed by atoms with E-state index in [9.17, 15) is 9.18 Å². The first kappa shape index (κ1) is 14.7. The van der Waals surface area contributed by atoms with Crippen LogP contribution in [-0.4, -0.2) is 22.7 Å². The third-order valence-corrected chi connectivity index (χ3v) is 4.06. The molecule has 0 aliphatic heterocycles. The summed E-state index contributed by atoms with van der Waals surface area (Å²) < 4.78 is 23.6. The maximum atomic E-state index is 13.2. The Morgan fingerprint density at radius 2 is 2.27 bits per heavy atom. The zero-order valence-corrected chi connectivity index (χ0v) is 12.3. The molecule has 0 unspecified atom stereocenters. The summed E-state index contributed by atoms with van der Waals surface area (Å²) in [5.74, 6) is 0.150. The van der Waals surface area contributed by atoms with Crippen molar-refractivity contribution in [2.24, 2.45) is 5.41 Å². The van der Waals surface area contributed by atoms with Crippen LogP contribution in [0.4, 0.5) is 4.39 Å². The van der Waals surface area contributed by atoms with Crippen LogP contribution in [0.1, 0.15) is 32.1 Å². The summed E-state index contributed by atoms with van der Waals surface area (Å²) in [5, 5.41) is 3.87. The lowest BCUT2D eigenvalue weighted by atomic mass is 9.66. The molecule has 2 aromatic rings. The van der Waals surface area contributed by atoms with Crippen LogP contribution >= 0.6 is 0 Å². The predicted molar refractivity (Wildman–Crippen MR) is 76.3 cm³/mol. The number of rotatable bonds is 5. The molecule has 1 fully saturated rings. The van der Waals surface area contributed by atoms with E-state index in [-0.39, 0.29) is 11.8 Å². The van der Waals surface area contributed by atoms with E-state index < -0.39 is 5.41 Å². The molecule has 0 saturated heterocycles. The summed E-state index contributed by atoms with van der Waals surface area (Å²) in [5.41, 5.74) is 0.00988. The summed E-state index contributed by atoms with van der Waals surface area (Å²) >= 11 is 0. The Morgan fingerprint density at radius 3 is 2.91 bits per heavy atom.